The molecule has 0 amide bonds. The number of aromatic nitrogens is 1. The highest BCUT2D eigenvalue weighted by molar-refractivity contribution is 6.00. The fraction of sp³-hybridized carbons (Fsp3) is 0.316. The Hall–Kier alpha value is -2.69. The molecule has 0 aliphatic carbocycles. The first-order valence-electron chi connectivity index (χ1n) is 7.79. The van der Waals surface area contributed by atoms with Gasteiger partial charge in [0.2, 0.25) is 5.78 Å². The van der Waals surface area contributed by atoms with Crippen molar-refractivity contribution in [1.29, 1.82) is 0 Å². The minimum atomic E-state index is -0.585. The zero-order chi connectivity index (χ0) is 17.9. The summed E-state index contributed by atoms with van der Waals surface area (Å²) in [5.41, 5.74) is 3.23. The van der Waals surface area contributed by atoms with Crippen molar-refractivity contribution in [1.82, 2.24) is 4.57 Å². The summed E-state index contributed by atoms with van der Waals surface area (Å²) in [6.45, 7) is 7.63. The average molecular weight is 327 g/mol. The van der Waals surface area contributed by atoms with Gasteiger partial charge in [-0.05, 0) is 45.9 Å². The summed E-state index contributed by atoms with van der Waals surface area (Å²) in [4.78, 5) is 34.9. The molecule has 1 aromatic carbocycles. The zero-order valence-electron chi connectivity index (χ0n) is 14.3. The number of hydrogen-bond donors (Lipinski definition) is 0. The molecule has 5 heteroatoms. The molecule has 0 spiro atoms. The summed E-state index contributed by atoms with van der Waals surface area (Å²) >= 11 is 0. The Morgan fingerprint density at radius 1 is 1.17 bits per heavy atom. The van der Waals surface area contributed by atoms with E-state index in [2.05, 4.69) is 18.4 Å². The van der Waals surface area contributed by atoms with Crippen LogP contribution in [0.25, 0.3) is 0 Å². The number of ether oxygens (including phenoxy) is 1. The third kappa shape index (κ3) is 3.62. The van der Waals surface area contributed by atoms with E-state index in [0.29, 0.717) is 23.0 Å². The number of benzene rings is 1. The van der Waals surface area contributed by atoms with Gasteiger partial charge in [0.1, 0.15) is 6.29 Å². The second-order valence-corrected chi connectivity index (χ2v) is 5.99. The van der Waals surface area contributed by atoms with Crippen LogP contribution in [0.2, 0.25) is 0 Å². The molecule has 24 heavy (non-hydrogen) atoms. The third-order valence-corrected chi connectivity index (χ3v) is 3.92. The first kappa shape index (κ1) is 17.7. The molecule has 0 aliphatic rings. The number of aldehydes is 1. The largest absolute Gasteiger partial charge is 0.454 e. The van der Waals surface area contributed by atoms with Gasteiger partial charge in [0.05, 0.1) is 5.56 Å². The van der Waals surface area contributed by atoms with Gasteiger partial charge in [0, 0.05) is 28.6 Å². The van der Waals surface area contributed by atoms with Gasteiger partial charge in [0.15, 0.2) is 6.61 Å². The van der Waals surface area contributed by atoms with Crippen LogP contribution >= 0.6 is 0 Å². The lowest BCUT2D eigenvalue weighted by atomic mass is 10.1. The van der Waals surface area contributed by atoms with E-state index in [9.17, 15) is 14.4 Å². The number of Topliss-reactive ketones (excluding diaryl/α,β-unsaturated/α-hetero) is 1. The molecule has 0 saturated heterocycles. The van der Waals surface area contributed by atoms with Crippen molar-refractivity contribution in [3.8, 4) is 0 Å². The molecular weight excluding hydrogens is 306 g/mol. The molecule has 2 aromatic rings. The molecular formula is C19H21NO4. The van der Waals surface area contributed by atoms with E-state index in [1.54, 1.807) is 0 Å². The van der Waals surface area contributed by atoms with Gasteiger partial charge < -0.3 is 9.30 Å². The molecule has 0 atom stereocenters. The molecule has 5 nitrogen and oxygen atoms in total. The highest BCUT2D eigenvalue weighted by Gasteiger charge is 2.18. The maximum absolute atomic E-state index is 12.4. The van der Waals surface area contributed by atoms with Gasteiger partial charge in [-0.3, -0.25) is 9.59 Å². The summed E-state index contributed by atoms with van der Waals surface area (Å²) in [5, 5.41) is 0. The van der Waals surface area contributed by atoms with Crippen LogP contribution in [0.4, 0.5) is 0 Å². The van der Waals surface area contributed by atoms with Crippen LogP contribution in [-0.2, 0) is 4.74 Å². The van der Waals surface area contributed by atoms with Crippen molar-refractivity contribution in [2.75, 3.05) is 6.61 Å². The lowest BCUT2D eigenvalue weighted by Crippen LogP contribution is -2.15. The molecule has 0 bridgehead atoms. The molecule has 0 saturated carbocycles. The second kappa shape index (κ2) is 7.25. The monoisotopic (exact) mass is 327 g/mol. The smallest absolute Gasteiger partial charge is 0.338 e. The van der Waals surface area contributed by atoms with Crippen molar-refractivity contribution in [3.05, 3.63) is 58.4 Å². The van der Waals surface area contributed by atoms with Crippen molar-refractivity contribution in [2.45, 2.75) is 33.7 Å². The fourth-order valence-corrected chi connectivity index (χ4v) is 2.84. The highest BCUT2D eigenvalue weighted by Crippen LogP contribution is 2.20. The summed E-state index contributed by atoms with van der Waals surface area (Å²) in [6.07, 6.45) is 0.698. The van der Waals surface area contributed by atoms with Crippen LogP contribution in [-0.4, -0.2) is 29.2 Å². The topological polar surface area (TPSA) is 65.4 Å². The van der Waals surface area contributed by atoms with Crippen LogP contribution in [0.3, 0.4) is 0 Å². The number of nitrogens with zero attached hydrogens (tertiary/aromatic N) is 1. The normalized spacial score (nSPS) is 10.7. The van der Waals surface area contributed by atoms with E-state index < -0.39 is 5.97 Å². The highest BCUT2D eigenvalue weighted by atomic mass is 16.5. The van der Waals surface area contributed by atoms with Gasteiger partial charge >= 0.3 is 5.97 Å². The Kier molecular flexibility index (Phi) is 5.34. The van der Waals surface area contributed by atoms with Crippen molar-refractivity contribution < 1.29 is 19.1 Å². The standard InChI is InChI=1S/C19H21NO4/c1-12(2)20-13(3)9-17(14(20)4)18(22)11-24-19(23)16-7-5-15(10-21)6-8-16/h5-10,12H,11H2,1-4H3. The summed E-state index contributed by atoms with van der Waals surface area (Å²) in [5.74, 6) is -0.814. The second-order valence-electron chi connectivity index (χ2n) is 5.99. The lowest BCUT2D eigenvalue weighted by Gasteiger charge is -2.13. The maximum Gasteiger partial charge on any atom is 0.338 e. The Balaban J connectivity index is 2.06. The molecule has 0 aliphatic heterocycles. The zero-order valence-corrected chi connectivity index (χ0v) is 14.3. The van der Waals surface area contributed by atoms with Gasteiger partial charge in [0.25, 0.3) is 0 Å². The minimum Gasteiger partial charge on any atom is -0.454 e. The van der Waals surface area contributed by atoms with Gasteiger partial charge in [-0.25, -0.2) is 4.79 Å². The summed E-state index contributed by atoms with van der Waals surface area (Å²) in [6, 6.07) is 8.14. The SMILES string of the molecule is Cc1cc(C(=O)COC(=O)c2ccc(C=O)cc2)c(C)n1C(C)C. The molecule has 1 heterocycles. The van der Waals surface area contributed by atoms with E-state index in [4.69, 9.17) is 4.74 Å². The van der Waals surface area contributed by atoms with Crippen LogP contribution in [0, 0.1) is 13.8 Å². The van der Waals surface area contributed by atoms with E-state index in [1.807, 2.05) is 19.9 Å². The Bertz CT molecular complexity index is 769. The molecule has 2 rings (SSSR count). The minimum absolute atomic E-state index is 0.229. The van der Waals surface area contributed by atoms with Crippen LogP contribution < -0.4 is 0 Å². The average Bonchev–Trinajstić information content (AvgIpc) is 2.87. The van der Waals surface area contributed by atoms with E-state index in [0.717, 1.165) is 11.4 Å². The fourth-order valence-electron chi connectivity index (χ4n) is 2.84. The molecule has 0 fully saturated rings. The van der Waals surface area contributed by atoms with E-state index in [-0.39, 0.29) is 18.4 Å². The quantitative estimate of drug-likeness (QED) is 0.462. The van der Waals surface area contributed by atoms with Crippen molar-refractivity contribution >= 4 is 18.0 Å². The first-order chi connectivity index (χ1) is 11.3. The molecule has 0 N–H and O–H groups in total. The number of hydrogen-bond acceptors (Lipinski definition) is 4. The Labute approximate surface area is 141 Å². The third-order valence-electron chi connectivity index (χ3n) is 3.92. The Morgan fingerprint density at radius 3 is 2.29 bits per heavy atom. The molecule has 0 unspecified atom stereocenters. The van der Waals surface area contributed by atoms with E-state index in [1.165, 1.54) is 24.3 Å². The van der Waals surface area contributed by atoms with Crippen molar-refractivity contribution in [2.24, 2.45) is 0 Å². The first-order valence-corrected chi connectivity index (χ1v) is 7.79. The van der Waals surface area contributed by atoms with E-state index >= 15 is 0 Å². The Morgan fingerprint density at radius 2 is 1.79 bits per heavy atom. The number of esters is 1. The number of carbonyl (C=O) groups is 3. The molecule has 1 aromatic heterocycles. The lowest BCUT2D eigenvalue weighted by molar-refractivity contribution is 0.0474. The van der Waals surface area contributed by atoms with Gasteiger partial charge in [-0.2, -0.15) is 0 Å². The number of rotatable bonds is 6. The van der Waals surface area contributed by atoms with Crippen LogP contribution in [0.1, 0.15) is 62.4 Å². The van der Waals surface area contributed by atoms with Gasteiger partial charge in [-0.1, -0.05) is 12.1 Å². The van der Waals surface area contributed by atoms with Crippen LogP contribution in [0.5, 0.6) is 0 Å². The summed E-state index contributed by atoms with van der Waals surface area (Å²) < 4.78 is 7.17. The predicted octanol–water partition coefficient (Wildman–Crippen LogP) is 3.54. The summed E-state index contributed by atoms with van der Waals surface area (Å²) in [7, 11) is 0. The van der Waals surface area contributed by atoms with Gasteiger partial charge in [-0.15, -0.1) is 0 Å². The number of aryl methyl sites for hydroxylation is 1. The number of ketones is 1. The predicted molar refractivity (Wildman–Crippen MR) is 90.7 cm³/mol. The maximum atomic E-state index is 12.4. The number of carbonyl (C=O) groups excluding carboxylic acids is 3. The van der Waals surface area contributed by atoms with Crippen molar-refractivity contribution in [3.63, 3.8) is 0 Å². The van der Waals surface area contributed by atoms with Crippen LogP contribution in [0.15, 0.2) is 30.3 Å². The molecule has 0 radical (unpaired) electrons. The molecule has 126 valence electrons.